The summed E-state index contributed by atoms with van der Waals surface area (Å²) in [5.41, 5.74) is 4.11. The molecule has 3 heteroatoms. The van der Waals surface area contributed by atoms with E-state index in [4.69, 9.17) is 1.34 Å². The summed E-state index contributed by atoms with van der Waals surface area (Å²) in [5.74, 6) is 11.2. The molecule has 0 saturated carbocycles. The lowest BCUT2D eigenvalue weighted by Gasteiger charge is -2.31. The molecule has 1 aliphatic rings. The summed E-state index contributed by atoms with van der Waals surface area (Å²) < 4.78 is 6.56. The van der Waals surface area contributed by atoms with Gasteiger partial charge < -0.3 is 10.2 Å². The smallest absolute Gasteiger partial charge is 0.123 e. The van der Waals surface area contributed by atoms with Gasteiger partial charge in [-0.3, -0.25) is 0 Å². The number of aromatic hydroxyl groups is 2. The van der Waals surface area contributed by atoms with Crippen molar-refractivity contribution in [2.75, 3.05) is 0 Å². The van der Waals surface area contributed by atoms with Crippen molar-refractivity contribution in [3.63, 3.8) is 0 Å². The summed E-state index contributed by atoms with van der Waals surface area (Å²) in [6.45, 7) is 12.2. The first kappa shape index (κ1) is 23.8. The van der Waals surface area contributed by atoms with Crippen molar-refractivity contribution in [1.29, 1.82) is 1.34 Å². The minimum Gasteiger partial charge on any atom is -0.507 e. The van der Waals surface area contributed by atoms with Crippen LogP contribution in [-0.4, -0.2) is 19.4 Å². The molecule has 2 N–H and O–H groups in total. The SMILES string of the molecule is C=C(C)[C@@H]1CCC(C)=C[C@H]1c1c(O)cc(CCCCC)cc1O.[2H][B]CC#CC#CC. The molecule has 1 aromatic rings. The topological polar surface area (TPSA) is 40.5 Å². The zero-order valence-corrected chi connectivity index (χ0v) is 19.0. The van der Waals surface area contributed by atoms with Crippen LogP contribution in [0.25, 0.3) is 0 Å². The van der Waals surface area contributed by atoms with E-state index in [1.54, 1.807) is 6.92 Å². The summed E-state index contributed by atoms with van der Waals surface area (Å²) in [4.78, 5) is 0. The van der Waals surface area contributed by atoms with E-state index in [0.717, 1.165) is 36.8 Å². The highest BCUT2D eigenvalue weighted by Crippen LogP contribution is 2.46. The van der Waals surface area contributed by atoms with Crippen molar-refractivity contribution in [3.05, 3.63) is 47.1 Å². The van der Waals surface area contributed by atoms with Crippen molar-refractivity contribution in [3.8, 4) is 35.2 Å². The standard InChI is InChI=1S/C21H30O2.C6H6B/c1-5-6-7-8-16-12-19(22)21(20(23)13-16)18-11-15(4)9-10-17(18)14(2)3;1-2-3-4-5-6-7/h11-13,17-18,22-23H,2,5-10H2,1,3-4H3;7H,6H2,1H3/t17-,18+;/m0./s1/i;7D. The summed E-state index contributed by atoms with van der Waals surface area (Å²) in [5, 5.41) is 21.1. The Morgan fingerprint density at radius 2 is 1.97 bits per heavy atom. The van der Waals surface area contributed by atoms with Crippen molar-refractivity contribution in [2.45, 2.75) is 78.5 Å². The lowest BCUT2D eigenvalue weighted by Crippen LogP contribution is -2.17. The lowest BCUT2D eigenvalue weighted by molar-refractivity contribution is 0.406. The largest absolute Gasteiger partial charge is 0.507 e. The summed E-state index contributed by atoms with van der Waals surface area (Å²) in [7, 11) is 1.25. The van der Waals surface area contributed by atoms with E-state index >= 15 is 0 Å². The summed E-state index contributed by atoms with van der Waals surface area (Å²) in [6.07, 6.45) is 9.12. The van der Waals surface area contributed by atoms with Gasteiger partial charge in [-0.1, -0.05) is 55.4 Å². The molecule has 2 rings (SSSR count). The van der Waals surface area contributed by atoms with Crippen LogP contribution in [0.3, 0.4) is 0 Å². The first-order valence-corrected chi connectivity index (χ1v) is 10.8. The van der Waals surface area contributed by atoms with Gasteiger partial charge in [0.15, 0.2) is 0 Å². The Hall–Kier alpha value is -2.52. The summed E-state index contributed by atoms with van der Waals surface area (Å²) in [6, 6.07) is 3.66. The molecule has 0 amide bonds. The minimum atomic E-state index is 0.0194. The second-order valence-corrected chi connectivity index (χ2v) is 7.92. The van der Waals surface area contributed by atoms with Gasteiger partial charge in [-0.2, -0.15) is 0 Å². The maximum absolute atomic E-state index is 10.5. The maximum atomic E-state index is 10.5. The molecule has 2 atom stereocenters. The molecule has 30 heavy (non-hydrogen) atoms. The van der Waals surface area contributed by atoms with Crippen LogP contribution >= 0.6 is 0 Å². The molecule has 0 unspecified atom stereocenters. The molecule has 0 spiro atoms. The van der Waals surface area contributed by atoms with Crippen molar-refractivity contribution < 1.29 is 10.2 Å². The molecule has 159 valence electrons. The number of phenolic OH excluding ortho intramolecular Hbond substituents is 2. The number of phenols is 2. The van der Waals surface area contributed by atoms with Crippen molar-refractivity contribution >= 4 is 7.81 Å². The van der Waals surface area contributed by atoms with Gasteiger partial charge in [0.1, 0.15) is 19.3 Å². The van der Waals surface area contributed by atoms with E-state index in [-0.39, 0.29) is 23.3 Å². The van der Waals surface area contributed by atoms with Crippen LogP contribution in [0.4, 0.5) is 0 Å². The van der Waals surface area contributed by atoms with E-state index in [1.807, 2.05) is 19.1 Å². The van der Waals surface area contributed by atoms with Crippen LogP contribution in [0.15, 0.2) is 35.9 Å². The number of aryl methyl sites for hydroxylation is 1. The van der Waals surface area contributed by atoms with Gasteiger partial charge in [-0.15, -0.1) is 0 Å². The monoisotopic (exact) mass is 404 g/mol. The van der Waals surface area contributed by atoms with E-state index < -0.39 is 0 Å². The van der Waals surface area contributed by atoms with Crippen LogP contribution in [0, 0.1) is 29.6 Å². The fourth-order valence-corrected chi connectivity index (χ4v) is 3.81. The van der Waals surface area contributed by atoms with Crippen LogP contribution in [-0.2, 0) is 6.42 Å². The van der Waals surface area contributed by atoms with E-state index in [0.29, 0.717) is 11.9 Å². The molecule has 1 aliphatic carbocycles. The predicted octanol–water partition coefficient (Wildman–Crippen LogP) is 6.18. The first-order chi connectivity index (χ1) is 14.8. The zero-order valence-electron chi connectivity index (χ0n) is 20.0. The van der Waals surface area contributed by atoms with Crippen molar-refractivity contribution in [2.24, 2.45) is 5.92 Å². The second-order valence-electron chi connectivity index (χ2n) is 7.92. The first-order valence-electron chi connectivity index (χ1n) is 11.4. The highest BCUT2D eigenvalue weighted by atomic mass is 16.3. The van der Waals surface area contributed by atoms with Gasteiger partial charge in [0.2, 0.25) is 0 Å². The van der Waals surface area contributed by atoms with Crippen LogP contribution < -0.4 is 0 Å². The molecular formula is C27H36BO2. The Labute approximate surface area is 186 Å². The third-order valence-corrected chi connectivity index (χ3v) is 5.36. The molecule has 0 saturated heterocycles. The van der Waals surface area contributed by atoms with E-state index in [1.165, 1.54) is 26.2 Å². The fraction of sp³-hybridized carbons (Fsp3) is 0.481. The fourth-order valence-electron chi connectivity index (χ4n) is 3.81. The van der Waals surface area contributed by atoms with Crippen LogP contribution in [0.5, 0.6) is 11.5 Å². The third kappa shape index (κ3) is 8.08. The van der Waals surface area contributed by atoms with Gasteiger partial charge in [0.05, 0.1) is 0 Å². The molecular weight excluding hydrogens is 367 g/mol. The van der Waals surface area contributed by atoms with Gasteiger partial charge >= 0.3 is 0 Å². The molecule has 0 fully saturated rings. The quantitative estimate of drug-likeness (QED) is 0.247. The van der Waals surface area contributed by atoms with E-state index in [9.17, 15) is 10.2 Å². The molecule has 0 aromatic heterocycles. The van der Waals surface area contributed by atoms with E-state index in [2.05, 4.69) is 50.2 Å². The average molecular weight is 404 g/mol. The van der Waals surface area contributed by atoms with Crippen LogP contribution in [0.2, 0.25) is 6.32 Å². The molecule has 0 aliphatic heterocycles. The van der Waals surface area contributed by atoms with Gasteiger partial charge in [0.25, 0.3) is 0 Å². The molecule has 0 bridgehead atoms. The summed E-state index contributed by atoms with van der Waals surface area (Å²) >= 11 is 0. The Balaban J connectivity index is 0.000000512. The van der Waals surface area contributed by atoms with Gasteiger partial charge in [-0.25, -0.2) is 0 Å². The number of hydrogen-bond donors (Lipinski definition) is 2. The average Bonchev–Trinajstić information content (AvgIpc) is 2.71. The highest BCUT2D eigenvalue weighted by molar-refractivity contribution is 6.10. The van der Waals surface area contributed by atoms with Gasteiger partial charge in [0, 0.05) is 11.5 Å². The number of unbranched alkanes of at least 4 members (excludes halogenated alkanes) is 2. The number of rotatable bonds is 7. The third-order valence-electron chi connectivity index (χ3n) is 5.36. The second kappa shape index (κ2) is 13.7. The maximum Gasteiger partial charge on any atom is 0.123 e. The Bertz CT molecular complexity index is 857. The Morgan fingerprint density at radius 1 is 1.27 bits per heavy atom. The molecule has 0 heterocycles. The lowest BCUT2D eigenvalue weighted by atomic mass is 9.73. The van der Waals surface area contributed by atoms with Crippen LogP contribution in [0.1, 0.15) is 76.8 Å². The Kier molecular flexibility index (Phi) is 10.8. The molecule has 1 aromatic carbocycles. The molecule has 2 nitrogen and oxygen atoms in total. The normalized spacial score (nSPS) is 17.6. The highest BCUT2D eigenvalue weighted by Gasteiger charge is 2.30. The van der Waals surface area contributed by atoms with Crippen molar-refractivity contribution in [1.82, 2.24) is 0 Å². The zero-order chi connectivity index (χ0) is 23.2. The number of allylic oxidation sites excluding steroid dienone is 3. The number of hydrogen-bond acceptors (Lipinski definition) is 2. The molecule has 1 radical (unpaired) electrons. The number of benzene rings is 1. The minimum absolute atomic E-state index is 0.0194. The predicted molar refractivity (Wildman–Crippen MR) is 130 cm³/mol. The Morgan fingerprint density at radius 3 is 2.53 bits per heavy atom. The van der Waals surface area contributed by atoms with Gasteiger partial charge in [-0.05, 0) is 89.6 Å².